The molecule has 1 heterocycles. The van der Waals surface area contributed by atoms with Gasteiger partial charge in [0.1, 0.15) is 5.60 Å². The summed E-state index contributed by atoms with van der Waals surface area (Å²) in [6.07, 6.45) is 1.49. The van der Waals surface area contributed by atoms with E-state index in [0.29, 0.717) is 0 Å². The Morgan fingerprint density at radius 3 is 2.73 bits per heavy atom. The highest BCUT2D eigenvalue weighted by atomic mass is 16.6. The van der Waals surface area contributed by atoms with Gasteiger partial charge in [0.25, 0.3) is 0 Å². The summed E-state index contributed by atoms with van der Waals surface area (Å²) in [5.74, 6) is 0.882. The van der Waals surface area contributed by atoms with E-state index in [0.717, 1.165) is 38.4 Å². The van der Waals surface area contributed by atoms with Crippen molar-refractivity contribution in [1.29, 1.82) is 0 Å². The smallest absolute Gasteiger partial charge is 0.407 e. The number of nitrogens with zero attached hydrogens (tertiary/aromatic N) is 2. The second kappa shape index (κ2) is 8.92. The van der Waals surface area contributed by atoms with Gasteiger partial charge in [-0.25, -0.2) is 4.79 Å². The van der Waals surface area contributed by atoms with Crippen LogP contribution in [0.15, 0.2) is 29.3 Å². The van der Waals surface area contributed by atoms with Crippen molar-refractivity contribution in [3.63, 3.8) is 0 Å². The fraction of sp³-hybridized carbons (Fsp3) is 0.600. The van der Waals surface area contributed by atoms with E-state index in [1.54, 1.807) is 7.05 Å². The lowest BCUT2D eigenvalue weighted by Crippen LogP contribution is -2.44. The Balaban J connectivity index is 1.78. The van der Waals surface area contributed by atoms with Crippen LogP contribution in [-0.2, 0) is 11.2 Å². The number of rotatable bonds is 4. The highest BCUT2D eigenvalue weighted by Gasteiger charge is 2.27. The zero-order valence-electron chi connectivity index (χ0n) is 16.6. The van der Waals surface area contributed by atoms with E-state index in [1.807, 2.05) is 20.8 Å². The van der Waals surface area contributed by atoms with E-state index in [9.17, 15) is 4.79 Å². The first-order valence-electron chi connectivity index (χ1n) is 9.28. The molecule has 0 spiro atoms. The Kier molecular flexibility index (Phi) is 6.89. The Hall–Kier alpha value is -2.24. The molecule has 1 amide bonds. The number of carbonyl (C=O) groups is 1. The van der Waals surface area contributed by atoms with Crippen molar-refractivity contribution in [3.8, 4) is 0 Å². The van der Waals surface area contributed by atoms with Crippen LogP contribution < -0.4 is 10.6 Å². The topological polar surface area (TPSA) is 66.0 Å². The van der Waals surface area contributed by atoms with Crippen LogP contribution in [0.1, 0.15) is 38.3 Å². The molecule has 6 heteroatoms. The zero-order chi connectivity index (χ0) is 19.2. The Morgan fingerprint density at radius 1 is 1.35 bits per heavy atom. The number of guanidine groups is 1. The van der Waals surface area contributed by atoms with Crippen LogP contribution in [0, 0.1) is 6.92 Å². The van der Waals surface area contributed by atoms with Crippen molar-refractivity contribution in [2.45, 2.75) is 52.2 Å². The number of hydrogen-bond donors (Lipinski definition) is 2. The van der Waals surface area contributed by atoms with Crippen LogP contribution in [0.25, 0.3) is 0 Å². The third kappa shape index (κ3) is 6.24. The van der Waals surface area contributed by atoms with Gasteiger partial charge in [0.05, 0.1) is 6.04 Å². The van der Waals surface area contributed by atoms with Crippen molar-refractivity contribution in [3.05, 3.63) is 35.4 Å². The summed E-state index contributed by atoms with van der Waals surface area (Å²) in [6.45, 7) is 10.2. The molecule has 1 aliphatic heterocycles. The lowest BCUT2D eigenvalue weighted by Gasteiger charge is -2.23. The molecule has 2 rings (SSSR count). The molecule has 1 fully saturated rings. The molecule has 6 nitrogen and oxygen atoms in total. The van der Waals surface area contributed by atoms with Crippen LogP contribution in [-0.4, -0.2) is 55.3 Å². The minimum atomic E-state index is -0.477. The number of aliphatic imine (C=N–C) groups is 1. The van der Waals surface area contributed by atoms with E-state index >= 15 is 0 Å². The Bertz CT molecular complexity index is 637. The minimum absolute atomic E-state index is 0.0831. The molecule has 1 aromatic carbocycles. The number of benzene rings is 1. The number of alkyl carbamates (subject to hydrolysis) is 1. The molecule has 0 bridgehead atoms. The van der Waals surface area contributed by atoms with Crippen LogP contribution in [0.2, 0.25) is 0 Å². The summed E-state index contributed by atoms with van der Waals surface area (Å²) in [5.41, 5.74) is 2.18. The van der Waals surface area contributed by atoms with Gasteiger partial charge in [-0.3, -0.25) is 4.99 Å². The summed E-state index contributed by atoms with van der Waals surface area (Å²) in [5, 5.41) is 6.38. The van der Waals surface area contributed by atoms with Gasteiger partial charge >= 0.3 is 6.09 Å². The van der Waals surface area contributed by atoms with Crippen molar-refractivity contribution in [2.75, 3.05) is 26.7 Å². The van der Waals surface area contributed by atoms with E-state index in [-0.39, 0.29) is 12.1 Å². The number of hydrogen-bond acceptors (Lipinski definition) is 3. The normalized spacial score (nSPS) is 18.0. The van der Waals surface area contributed by atoms with E-state index in [4.69, 9.17) is 4.74 Å². The average molecular weight is 361 g/mol. The predicted octanol–water partition coefficient (Wildman–Crippen LogP) is 2.71. The molecule has 1 atom stereocenters. The maximum absolute atomic E-state index is 11.9. The fourth-order valence-electron chi connectivity index (χ4n) is 3.08. The molecule has 2 N–H and O–H groups in total. The highest BCUT2D eigenvalue weighted by Crippen LogP contribution is 2.12. The van der Waals surface area contributed by atoms with Gasteiger partial charge in [0.2, 0.25) is 0 Å². The molecule has 1 aromatic rings. The number of ether oxygens (including phenoxy) is 1. The monoisotopic (exact) mass is 360 g/mol. The van der Waals surface area contributed by atoms with Crippen LogP contribution in [0.5, 0.6) is 0 Å². The molecule has 0 aliphatic carbocycles. The number of nitrogens with one attached hydrogen (secondary N) is 2. The molecule has 0 radical (unpaired) electrons. The van der Waals surface area contributed by atoms with Gasteiger partial charge < -0.3 is 20.3 Å². The summed E-state index contributed by atoms with van der Waals surface area (Å²) in [6, 6.07) is 8.52. The molecule has 1 aliphatic rings. The average Bonchev–Trinajstić information content (AvgIpc) is 2.99. The largest absolute Gasteiger partial charge is 0.444 e. The van der Waals surface area contributed by atoms with Gasteiger partial charge in [-0.2, -0.15) is 0 Å². The van der Waals surface area contributed by atoms with E-state index in [1.165, 1.54) is 11.1 Å². The quantitative estimate of drug-likeness (QED) is 0.640. The van der Waals surface area contributed by atoms with Crippen LogP contribution in [0.4, 0.5) is 4.79 Å². The van der Waals surface area contributed by atoms with E-state index < -0.39 is 5.60 Å². The molecule has 0 saturated carbocycles. The maximum Gasteiger partial charge on any atom is 0.407 e. The van der Waals surface area contributed by atoms with Gasteiger partial charge in [-0.05, 0) is 51.7 Å². The van der Waals surface area contributed by atoms with Crippen LogP contribution >= 0.6 is 0 Å². The molecular formula is C20H32N4O2. The first-order valence-corrected chi connectivity index (χ1v) is 9.28. The first-order chi connectivity index (χ1) is 12.3. The lowest BCUT2D eigenvalue weighted by molar-refractivity contribution is 0.0507. The predicted molar refractivity (Wildman–Crippen MR) is 106 cm³/mol. The van der Waals surface area contributed by atoms with Gasteiger partial charge in [0, 0.05) is 26.7 Å². The SMILES string of the molecule is CN=C(NCCc1ccccc1C)N1CC[C@@H](NC(=O)OC(C)(C)C)C1. The number of likely N-dealkylation sites (tertiary alicyclic amines) is 1. The highest BCUT2D eigenvalue weighted by molar-refractivity contribution is 5.80. The Morgan fingerprint density at radius 2 is 2.08 bits per heavy atom. The summed E-state index contributed by atoms with van der Waals surface area (Å²) < 4.78 is 5.33. The molecule has 0 aromatic heterocycles. The van der Waals surface area contributed by atoms with Crippen molar-refractivity contribution in [2.24, 2.45) is 4.99 Å². The van der Waals surface area contributed by atoms with Crippen molar-refractivity contribution >= 4 is 12.1 Å². The maximum atomic E-state index is 11.9. The molecule has 144 valence electrons. The minimum Gasteiger partial charge on any atom is -0.444 e. The third-order valence-electron chi connectivity index (χ3n) is 4.36. The Labute approximate surface area is 157 Å². The third-order valence-corrected chi connectivity index (χ3v) is 4.36. The second-order valence-corrected chi connectivity index (χ2v) is 7.73. The molecular weight excluding hydrogens is 328 g/mol. The molecule has 0 unspecified atom stereocenters. The fourth-order valence-corrected chi connectivity index (χ4v) is 3.08. The summed E-state index contributed by atoms with van der Waals surface area (Å²) in [7, 11) is 1.80. The zero-order valence-corrected chi connectivity index (χ0v) is 16.6. The standard InChI is InChI=1S/C20H32N4O2/c1-15-8-6-7-9-16(15)10-12-22-18(21-5)24-13-11-17(14-24)23-19(25)26-20(2,3)4/h6-9,17H,10-14H2,1-5H3,(H,21,22)(H,23,25)/t17-/m1/s1. The molecule has 26 heavy (non-hydrogen) atoms. The van der Waals surface area contributed by atoms with E-state index in [2.05, 4.69) is 51.7 Å². The van der Waals surface area contributed by atoms with Gasteiger partial charge in [-0.1, -0.05) is 24.3 Å². The second-order valence-electron chi connectivity index (χ2n) is 7.73. The van der Waals surface area contributed by atoms with Gasteiger partial charge in [0.15, 0.2) is 5.96 Å². The summed E-state index contributed by atoms with van der Waals surface area (Å²) in [4.78, 5) is 18.5. The molecule has 1 saturated heterocycles. The summed E-state index contributed by atoms with van der Waals surface area (Å²) >= 11 is 0. The van der Waals surface area contributed by atoms with Crippen LogP contribution in [0.3, 0.4) is 0 Å². The lowest BCUT2D eigenvalue weighted by atomic mass is 10.1. The number of carbonyl (C=O) groups excluding carboxylic acids is 1. The number of aryl methyl sites for hydroxylation is 1. The van der Waals surface area contributed by atoms with Crippen molar-refractivity contribution < 1.29 is 9.53 Å². The first kappa shape index (κ1) is 20.1. The number of amides is 1. The van der Waals surface area contributed by atoms with Gasteiger partial charge in [-0.15, -0.1) is 0 Å². The van der Waals surface area contributed by atoms with Crippen molar-refractivity contribution in [1.82, 2.24) is 15.5 Å².